The highest BCUT2D eigenvalue weighted by molar-refractivity contribution is 5.94. The molecule has 1 amide bonds. The van der Waals surface area contributed by atoms with Crippen molar-refractivity contribution in [2.45, 2.75) is 13.5 Å². The number of carbonyl (C=O) groups excluding carboxylic acids is 1. The van der Waals surface area contributed by atoms with Crippen molar-refractivity contribution >= 4 is 17.9 Å². The molecule has 11 nitrogen and oxygen atoms in total. The highest BCUT2D eigenvalue weighted by Gasteiger charge is 2.25. The van der Waals surface area contributed by atoms with Gasteiger partial charge in [0.05, 0.1) is 20.3 Å². The average molecular weight is 370 g/mol. The van der Waals surface area contributed by atoms with E-state index in [9.17, 15) is 4.79 Å². The molecule has 4 N–H and O–H groups in total. The van der Waals surface area contributed by atoms with Gasteiger partial charge in [0.2, 0.25) is 11.6 Å². The van der Waals surface area contributed by atoms with Gasteiger partial charge in [0.25, 0.3) is 5.91 Å². The summed E-state index contributed by atoms with van der Waals surface area (Å²) in [6, 6.07) is 7.73. The molecule has 0 saturated carbocycles. The number of nitrogens with zero attached hydrogens (tertiary/aromatic N) is 6. The summed E-state index contributed by atoms with van der Waals surface area (Å²) < 4.78 is 5.95. The third-order valence-electron chi connectivity index (χ3n) is 3.65. The maximum Gasteiger partial charge on any atom is 0.294 e. The molecular weight excluding hydrogens is 350 g/mol. The largest absolute Gasteiger partial charge is 0.378 e. The zero-order valence-corrected chi connectivity index (χ0v) is 15.2. The summed E-state index contributed by atoms with van der Waals surface area (Å²) in [6.45, 7) is 2.45. The lowest BCUT2D eigenvalue weighted by molar-refractivity contribution is -0.873. The number of hydrogen-bond acceptors (Lipinski definition) is 8. The van der Waals surface area contributed by atoms with Crippen LogP contribution in [0.2, 0.25) is 0 Å². The van der Waals surface area contributed by atoms with Crippen LogP contribution in [0.3, 0.4) is 0 Å². The summed E-state index contributed by atoms with van der Waals surface area (Å²) in [5.41, 5.74) is 10.8. The predicted octanol–water partition coefficient (Wildman–Crippen LogP) is -1.05. The number of nitrogens with two attached hydrogens (primary N) is 1. The van der Waals surface area contributed by atoms with Crippen LogP contribution in [-0.2, 0) is 6.54 Å². The molecular formula is C16H20N9O2+. The number of anilines is 1. The standard InChI is InChI=1S/C16H19N9O2/c1-10-4-6-11(7-5-10)8-18-20-16(26)13-12(9-24(2)3)25(23-19-13)15-14(17)21-27-22-15/h4-8H,9H2,1-3H3,(H2,17,21)(H,20,26)/p+1. The Morgan fingerprint density at radius 3 is 2.70 bits per heavy atom. The van der Waals surface area contributed by atoms with E-state index in [0.29, 0.717) is 12.2 Å². The Kier molecular flexibility index (Phi) is 5.22. The third-order valence-corrected chi connectivity index (χ3v) is 3.65. The quantitative estimate of drug-likeness (QED) is 0.371. The Morgan fingerprint density at radius 2 is 2.07 bits per heavy atom. The number of quaternary nitrogens is 1. The molecule has 1 aromatic carbocycles. The first-order valence-electron chi connectivity index (χ1n) is 8.17. The molecule has 140 valence electrons. The number of hydrogen-bond donors (Lipinski definition) is 3. The number of carbonyl (C=O) groups is 1. The van der Waals surface area contributed by atoms with E-state index < -0.39 is 5.91 Å². The van der Waals surface area contributed by atoms with Crippen LogP contribution in [0.25, 0.3) is 5.82 Å². The van der Waals surface area contributed by atoms with Crippen molar-refractivity contribution in [3.63, 3.8) is 0 Å². The minimum Gasteiger partial charge on any atom is -0.378 e. The topological polar surface area (TPSA) is 142 Å². The molecule has 0 saturated heterocycles. The monoisotopic (exact) mass is 370 g/mol. The first-order chi connectivity index (χ1) is 13.0. The molecule has 3 aromatic rings. The van der Waals surface area contributed by atoms with E-state index in [-0.39, 0.29) is 17.3 Å². The summed E-state index contributed by atoms with van der Waals surface area (Å²) >= 11 is 0. The number of rotatable bonds is 6. The van der Waals surface area contributed by atoms with Crippen LogP contribution in [0.5, 0.6) is 0 Å². The molecule has 0 radical (unpaired) electrons. The SMILES string of the molecule is Cc1ccc(C=NNC(=O)c2nnn(-c3nonc3N)c2C[NH+](C)C)cc1. The van der Waals surface area contributed by atoms with Gasteiger partial charge in [-0.15, -0.1) is 5.10 Å². The second-order valence-corrected chi connectivity index (χ2v) is 6.26. The smallest absolute Gasteiger partial charge is 0.294 e. The first-order valence-corrected chi connectivity index (χ1v) is 8.17. The summed E-state index contributed by atoms with van der Waals surface area (Å²) in [5.74, 6) is -0.254. The van der Waals surface area contributed by atoms with Crippen LogP contribution in [0.4, 0.5) is 5.82 Å². The minimum atomic E-state index is -0.490. The van der Waals surface area contributed by atoms with Gasteiger partial charge in [-0.05, 0) is 22.8 Å². The summed E-state index contributed by atoms with van der Waals surface area (Å²) in [7, 11) is 3.86. The van der Waals surface area contributed by atoms with E-state index in [0.717, 1.165) is 16.0 Å². The number of nitrogens with one attached hydrogen (secondary N) is 2. The number of hydrazone groups is 1. The molecule has 0 aliphatic carbocycles. The Hall–Kier alpha value is -3.60. The van der Waals surface area contributed by atoms with Crippen LogP contribution in [-0.4, -0.2) is 51.5 Å². The van der Waals surface area contributed by atoms with Crippen LogP contribution < -0.4 is 16.1 Å². The van der Waals surface area contributed by atoms with Gasteiger partial charge in [-0.3, -0.25) is 4.79 Å². The highest BCUT2D eigenvalue weighted by Crippen LogP contribution is 2.15. The van der Waals surface area contributed by atoms with Gasteiger partial charge in [-0.2, -0.15) is 9.78 Å². The van der Waals surface area contributed by atoms with Crippen molar-refractivity contribution in [2.75, 3.05) is 19.8 Å². The second kappa shape index (κ2) is 7.74. The molecule has 2 aromatic heterocycles. The van der Waals surface area contributed by atoms with Gasteiger partial charge in [0.15, 0.2) is 5.69 Å². The van der Waals surface area contributed by atoms with Gasteiger partial charge in [0, 0.05) is 0 Å². The van der Waals surface area contributed by atoms with E-state index >= 15 is 0 Å². The first kappa shape index (κ1) is 18.2. The molecule has 2 heterocycles. The van der Waals surface area contributed by atoms with Crippen molar-refractivity contribution in [2.24, 2.45) is 5.10 Å². The van der Waals surface area contributed by atoms with Gasteiger partial charge >= 0.3 is 0 Å². The van der Waals surface area contributed by atoms with Gasteiger partial charge in [-0.25, -0.2) is 10.1 Å². The van der Waals surface area contributed by atoms with Crippen LogP contribution >= 0.6 is 0 Å². The number of nitrogen functional groups attached to an aromatic ring is 1. The zero-order valence-electron chi connectivity index (χ0n) is 15.2. The van der Waals surface area contributed by atoms with Gasteiger partial charge in [-0.1, -0.05) is 35.0 Å². The Morgan fingerprint density at radius 1 is 1.33 bits per heavy atom. The number of aromatic nitrogens is 5. The van der Waals surface area contributed by atoms with Crippen molar-refractivity contribution in [3.8, 4) is 5.82 Å². The van der Waals surface area contributed by atoms with Crippen molar-refractivity contribution in [3.05, 3.63) is 46.8 Å². The lowest BCUT2D eigenvalue weighted by atomic mass is 10.2. The predicted molar refractivity (Wildman–Crippen MR) is 96.4 cm³/mol. The van der Waals surface area contributed by atoms with Crippen molar-refractivity contribution in [1.82, 2.24) is 30.7 Å². The third kappa shape index (κ3) is 4.15. The summed E-state index contributed by atoms with van der Waals surface area (Å²) in [6.07, 6.45) is 1.55. The Balaban J connectivity index is 1.82. The maximum atomic E-state index is 12.5. The van der Waals surface area contributed by atoms with E-state index in [2.05, 4.69) is 35.8 Å². The van der Waals surface area contributed by atoms with Crippen molar-refractivity contribution in [1.29, 1.82) is 0 Å². The van der Waals surface area contributed by atoms with E-state index in [1.807, 2.05) is 45.3 Å². The minimum absolute atomic E-state index is 0.0549. The van der Waals surface area contributed by atoms with Crippen LogP contribution in [0.1, 0.15) is 27.3 Å². The van der Waals surface area contributed by atoms with Gasteiger partial charge in [0.1, 0.15) is 12.2 Å². The lowest BCUT2D eigenvalue weighted by Crippen LogP contribution is -3.04. The fraction of sp³-hybridized carbons (Fsp3) is 0.250. The van der Waals surface area contributed by atoms with E-state index in [1.165, 1.54) is 4.68 Å². The van der Waals surface area contributed by atoms with E-state index in [4.69, 9.17) is 5.73 Å². The fourth-order valence-electron chi connectivity index (χ4n) is 2.35. The number of aryl methyl sites for hydroxylation is 1. The summed E-state index contributed by atoms with van der Waals surface area (Å²) in [4.78, 5) is 13.6. The molecule has 0 aliphatic rings. The number of amides is 1. The second-order valence-electron chi connectivity index (χ2n) is 6.26. The molecule has 0 aliphatic heterocycles. The molecule has 0 spiro atoms. The average Bonchev–Trinajstić information content (AvgIpc) is 3.22. The molecule has 0 fully saturated rings. The van der Waals surface area contributed by atoms with Crippen LogP contribution in [0, 0.1) is 6.92 Å². The van der Waals surface area contributed by atoms with Gasteiger partial charge < -0.3 is 10.6 Å². The number of benzene rings is 1. The highest BCUT2D eigenvalue weighted by atomic mass is 16.6. The zero-order chi connectivity index (χ0) is 19.4. The normalized spacial score (nSPS) is 11.4. The van der Waals surface area contributed by atoms with E-state index in [1.54, 1.807) is 6.21 Å². The molecule has 0 bridgehead atoms. The molecule has 3 rings (SSSR count). The van der Waals surface area contributed by atoms with Crippen LogP contribution in [0.15, 0.2) is 34.0 Å². The molecule has 11 heteroatoms. The lowest BCUT2D eigenvalue weighted by Gasteiger charge is -2.08. The maximum absolute atomic E-state index is 12.5. The molecule has 0 atom stereocenters. The summed E-state index contributed by atoms with van der Waals surface area (Å²) in [5, 5.41) is 19.1. The molecule has 27 heavy (non-hydrogen) atoms. The molecule has 0 unspecified atom stereocenters. The Labute approximate surface area is 154 Å². The van der Waals surface area contributed by atoms with Crippen molar-refractivity contribution < 1.29 is 14.3 Å². The fourth-order valence-corrected chi connectivity index (χ4v) is 2.35. The Bertz CT molecular complexity index is 957.